The zero-order valence-electron chi connectivity index (χ0n) is 16.0. The molecule has 0 fully saturated rings. The van der Waals surface area contributed by atoms with Gasteiger partial charge >= 0.3 is 0 Å². The van der Waals surface area contributed by atoms with Crippen molar-refractivity contribution in [1.82, 2.24) is 0 Å². The van der Waals surface area contributed by atoms with E-state index in [2.05, 4.69) is 99.7 Å². The van der Waals surface area contributed by atoms with E-state index in [9.17, 15) is 0 Å². The van der Waals surface area contributed by atoms with E-state index in [0.717, 1.165) is 11.1 Å². The van der Waals surface area contributed by atoms with E-state index in [1.54, 1.807) is 0 Å². The van der Waals surface area contributed by atoms with Crippen LogP contribution in [-0.4, -0.2) is 6.71 Å². The molecule has 1 heteroatoms. The third-order valence-corrected chi connectivity index (χ3v) is 5.55. The van der Waals surface area contributed by atoms with Gasteiger partial charge in [0.05, 0.1) is 0 Å². The third-order valence-electron chi connectivity index (χ3n) is 5.55. The lowest BCUT2D eigenvalue weighted by Crippen LogP contribution is -2.41. The molecule has 4 rings (SSSR count). The maximum absolute atomic E-state index is 4.08. The van der Waals surface area contributed by atoms with Crippen molar-refractivity contribution in [1.29, 1.82) is 0 Å². The van der Waals surface area contributed by atoms with Crippen LogP contribution in [0.1, 0.15) is 22.3 Å². The van der Waals surface area contributed by atoms with E-state index in [1.807, 2.05) is 6.08 Å². The van der Waals surface area contributed by atoms with Gasteiger partial charge in [-0.05, 0) is 52.4 Å². The Kier molecular flexibility index (Phi) is 4.45. The Bertz CT molecular complexity index is 1070. The molecule has 0 spiro atoms. The molecule has 0 unspecified atom stereocenters. The maximum atomic E-state index is 4.08. The maximum Gasteiger partial charge on any atom is 0.207 e. The second-order valence-corrected chi connectivity index (χ2v) is 7.34. The second-order valence-electron chi connectivity index (χ2n) is 7.34. The Morgan fingerprint density at radius 3 is 2.07 bits per heavy atom. The lowest BCUT2D eigenvalue weighted by Gasteiger charge is -2.15. The van der Waals surface area contributed by atoms with Crippen molar-refractivity contribution in [3.05, 3.63) is 102 Å². The van der Waals surface area contributed by atoms with Gasteiger partial charge in [0.15, 0.2) is 0 Å². The molecule has 0 atom stereocenters. The first kappa shape index (κ1) is 17.4. The van der Waals surface area contributed by atoms with Crippen molar-refractivity contribution in [3.63, 3.8) is 0 Å². The molecule has 0 aliphatic carbocycles. The molecule has 27 heavy (non-hydrogen) atoms. The van der Waals surface area contributed by atoms with Crippen molar-refractivity contribution in [2.45, 2.75) is 13.7 Å². The van der Waals surface area contributed by atoms with E-state index in [4.69, 9.17) is 0 Å². The van der Waals surface area contributed by atoms with Crippen LogP contribution >= 0.6 is 0 Å². The van der Waals surface area contributed by atoms with Crippen molar-refractivity contribution in [2.24, 2.45) is 0 Å². The number of aryl methyl sites for hydroxylation is 1. The zero-order valence-corrected chi connectivity index (χ0v) is 16.0. The average Bonchev–Trinajstić information content (AvgIpc) is 2.84. The standard InChI is InChI=1S/C26H23B/c1-5-19(3)21-12-14-25-23(16-21)10-11-24-17-22(13-15-26(24)27(25)4)20-8-6-18(2)7-9-20/h5-17H,1,3H2,2,4H3. The minimum atomic E-state index is 0.350. The number of rotatable bonds is 3. The van der Waals surface area contributed by atoms with Crippen LogP contribution in [0.2, 0.25) is 6.82 Å². The molecular formula is C26H23B. The molecule has 0 N–H and O–H groups in total. The fourth-order valence-corrected chi connectivity index (χ4v) is 3.82. The van der Waals surface area contributed by atoms with Crippen LogP contribution in [0.3, 0.4) is 0 Å². The first-order valence-electron chi connectivity index (χ1n) is 9.41. The highest BCUT2D eigenvalue weighted by atomic mass is 14.1. The Morgan fingerprint density at radius 2 is 1.41 bits per heavy atom. The first-order valence-corrected chi connectivity index (χ1v) is 9.41. The smallest absolute Gasteiger partial charge is 0.0985 e. The highest BCUT2D eigenvalue weighted by Crippen LogP contribution is 2.24. The fraction of sp³-hybridized carbons (Fsp3) is 0.0769. The Morgan fingerprint density at radius 1 is 0.815 bits per heavy atom. The van der Waals surface area contributed by atoms with Gasteiger partial charge in [0, 0.05) is 0 Å². The van der Waals surface area contributed by atoms with E-state index < -0.39 is 0 Å². The summed E-state index contributed by atoms with van der Waals surface area (Å²) in [5.74, 6) is 0. The van der Waals surface area contributed by atoms with Crippen LogP contribution in [-0.2, 0) is 0 Å². The summed E-state index contributed by atoms with van der Waals surface area (Å²) in [6.07, 6.45) is 6.29. The Balaban J connectivity index is 1.78. The molecule has 0 saturated heterocycles. The van der Waals surface area contributed by atoms with Crippen molar-refractivity contribution >= 4 is 35.4 Å². The lowest BCUT2D eigenvalue weighted by molar-refractivity contribution is 1.47. The monoisotopic (exact) mass is 346 g/mol. The highest BCUT2D eigenvalue weighted by Gasteiger charge is 2.21. The molecule has 3 aromatic carbocycles. The summed E-state index contributed by atoms with van der Waals surface area (Å²) in [5, 5.41) is 0. The normalized spacial score (nSPS) is 12.1. The molecule has 1 heterocycles. The summed E-state index contributed by atoms with van der Waals surface area (Å²) in [7, 11) is 0. The molecule has 1 aliphatic heterocycles. The fourth-order valence-electron chi connectivity index (χ4n) is 3.82. The van der Waals surface area contributed by atoms with E-state index >= 15 is 0 Å². The molecular weight excluding hydrogens is 323 g/mol. The predicted molar refractivity (Wildman–Crippen MR) is 122 cm³/mol. The van der Waals surface area contributed by atoms with Gasteiger partial charge in [-0.1, -0.05) is 103 Å². The van der Waals surface area contributed by atoms with Crippen LogP contribution < -0.4 is 10.9 Å². The SMILES string of the molecule is C=CC(=C)c1ccc2c(c1)C=Cc1cc(-c3ccc(C)cc3)ccc1B2C. The summed E-state index contributed by atoms with van der Waals surface area (Å²) in [4.78, 5) is 0. The van der Waals surface area contributed by atoms with Gasteiger partial charge in [-0.25, -0.2) is 0 Å². The molecule has 0 aromatic heterocycles. The largest absolute Gasteiger partial charge is 0.207 e. The summed E-state index contributed by atoms with van der Waals surface area (Å²) in [6, 6.07) is 22.2. The van der Waals surface area contributed by atoms with Crippen molar-refractivity contribution in [3.8, 4) is 11.1 Å². The minimum Gasteiger partial charge on any atom is -0.0985 e. The number of hydrogen-bond donors (Lipinski definition) is 0. The topological polar surface area (TPSA) is 0 Å². The molecule has 130 valence electrons. The third kappa shape index (κ3) is 3.22. The Hall–Kier alpha value is -3.06. The average molecular weight is 346 g/mol. The molecule has 1 aliphatic rings. The molecule has 0 bridgehead atoms. The van der Waals surface area contributed by atoms with Crippen LogP contribution in [0, 0.1) is 6.92 Å². The van der Waals surface area contributed by atoms with Crippen LogP contribution in [0.5, 0.6) is 0 Å². The molecule has 0 nitrogen and oxygen atoms in total. The summed E-state index contributed by atoms with van der Waals surface area (Å²) >= 11 is 0. The second kappa shape index (κ2) is 6.93. The predicted octanol–water partition coefficient (Wildman–Crippen LogP) is 5.58. The van der Waals surface area contributed by atoms with E-state index in [1.165, 1.54) is 38.7 Å². The summed E-state index contributed by atoms with van der Waals surface area (Å²) in [6.45, 7) is 12.7. The first-order chi connectivity index (χ1) is 13.1. The van der Waals surface area contributed by atoms with Crippen molar-refractivity contribution in [2.75, 3.05) is 0 Å². The molecule has 3 aromatic rings. The van der Waals surface area contributed by atoms with Gasteiger partial charge in [0.25, 0.3) is 0 Å². The number of benzene rings is 3. The van der Waals surface area contributed by atoms with Crippen LogP contribution in [0.25, 0.3) is 28.9 Å². The molecule has 0 amide bonds. The van der Waals surface area contributed by atoms with E-state index in [-0.39, 0.29) is 0 Å². The van der Waals surface area contributed by atoms with Gasteiger partial charge in [0.2, 0.25) is 6.71 Å². The molecule has 0 saturated carbocycles. The highest BCUT2D eigenvalue weighted by molar-refractivity contribution is 6.85. The van der Waals surface area contributed by atoms with Gasteiger partial charge in [-0.3, -0.25) is 0 Å². The quantitative estimate of drug-likeness (QED) is 0.429. The van der Waals surface area contributed by atoms with E-state index in [0.29, 0.717) is 6.71 Å². The van der Waals surface area contributed by atoms with Gasteiger partial charge in [-0.2, -0.15) is 0 Å². The van der Waals surface area contributed by atoms with Gasteiger partial charge in [0.1, 0.15) is 0 Å². The lowest BCUT2D eigenvalue weighted by atomic mass is 9.41. The van der Waals surface area contributed by atoms with Gasteiger partial charge < -0.3 is 0 Å². The molecule has 0 radical (unpaired) electrons. The van der Waals surface area contributed by atoms with Crippen LogP contribution in [0.4, 0.5) is 0 Å². The number of allylic oxidation sites excluding steroid dienone is 2. The zero-order chi connectivity index (χ0) is 19.0. The van der Waals surface area contributed by atoms with Crippen LogP contribution in [0.15, 0.2) is 79.9 Å². The van der Waals surface area contributed by atoms with Crippen molar-refractivity contribution < 1.29 is 0 Å². The van der Waals surface area contributed by atoms with Gasteiger partial charge in [-0.15, -0.1) is 0 Å². The minimum absolute atomic E-state index is 0.350. The number of hydrogen-bond acceptors (Lipinski definition) is 0. The Labute approximate surface area is 162 Å². The summed E-state index contributed by atoms with van der Waals surface area (Å²) < 4.78 is 0. The number of fused-ring (bicyclic) bond motifs is 2. The summed E-state index contributed by atoms with van der Waals surface area (Å²) in [5.41, 5.74) is 11.2.